The Kier molecular flexibility index (Phi) is 4.43. The highest BCUT2D eigenvalue weighted by molar-refractivity contribution is 7.12. The normalized spacial score (nSPS) is 19.8. The molecule has 1 unspecified atom stereocenters. The molecule has 1 saturated carbocycles. The molecule has 0 spiro atoms. The van der Waals surface area contributed by atoms with Crippen molar-refractivity contribution in [2.45, 2.75) is 32.2 Å². The van der Waals surface area contributed by atoms with E-state index in [9.17, 15) is 9.59 Å². The van der Waals surface area contributed by atoms with Gasteiger partial charge in [0.2, 0.25) is 5.91 Å². The number of rotatable bonds is 5. The molecular weight excluding hydrogens is 354 g/mol. The second-order valence-corrected chi connectivity index (χ2v) is 8.34. The number of carbonyl (C=O) groups is 2. The van der Waals surface area contributed by atoms with Gasteiger partial charge in [-0.2, -0.15) is 5.10 Å². The van der Waals surface area contributed by atoms with Gasteiger partial charge in [-0.15, -0.1) is 22.7 Å². The standard InChI is InChI=1S/C18H19N3O2S2/c1-11-6-8-25-17(11)14-9-13(15-3-2-7-24-15)20-21(14)16(22)10-19-18(23)12-4-5-12/h2-3,6-8,12,14H,4-5,9-10H2,1H3,(H,19,23). The highest BCUT2D eigenvalue weighted by Gasteiger charge is 2.36. The van der Waals surface area contributed by atoms with Crippen molar-refractivity contribution in [2.24, 2.45) is 11.0 Å². The Hall–Kier alpha value is -1.99. The van der Waals surface area contributed by atoms with E-state index in [1.165, 1.54) is 5.56 Å². The number of nitrogens with one attached hydrogen (secondary N) is 1. The van der Waals surface area contributed by atoms with Gasteiger partial charge in [-0.3, -0.25) is 9.59 Å². The predicted molar refractivity (Wildman–Crippen MR) is 99.8 cm³/mol. The van der Waals surface area contributed by atoms with E-state index in [0.29, 0.717) is 6.42 Å². The molecule has 7 heteroatoms. The number of hydrazone groups is 1. The van der Waals surface area contributed by atoms with Crippen molar-refractivity contribution in [1.29, 1.82) is 0 Å². The summed E-state index contributed by atoms with van der Waals surface area (Å²) in [6.45, 7) is 2.07. The molecule has 0 radical (unpaired) electrons. The molecule has 2 aromatic rings. The highest BCUT2D eigenvalue weighted by Crippen LogP contribution is 2.37. The lowest BCUT2D eigenvalue weighted by molar-refractivity contribution is -0.134. The summed E-state index contributed by atoms with van der Waals surface area (Å²) in [4.78, 5) is 26.8. The van der Waals surface area contributed by atoms with Crippen LogP contribution in [0.15, 0.2) is 34.1 Å². The number of aryl methyl sites for hydroxylation is 1. The third kappa shape index (κ3) is 3.39. The summed E-state index contributed by atoms with van der Waals surface area (Å²) in [6, 6.07) is 6.02. The maximum atomic E-state index is 12.7. The second-order valence-electron chi connectivity index (χ2n) is 6.44. The van der Waals surface area contributed by atoms with Crippen LogP contribution in [-0.4, -0.2) is 29.1 Å². The van der Waals surface area contributed by atoms with Gasteiger partial charge < -0.3 is 5.32 Å². The number of nitrogens with zero attached hydrogens (tertiary/aromatic N) is 2. The third-order valence-electron chi connectivity index (χ3n) is 4.54. The fourth-order valence-corrected chi connectivity index (χ4v) is 4.73. The number of hydrogen-bond donors (Lipinski definition) is 1. The lowest BCUT2D eigenvalue weighted by Gasteiger charge is -2.21. The van der Waals surface area contributed by atoms with Gasteiger partial charge in [-0.25, -0.2) is 5.01 Å². The van der Waals surface area contributed by atoms with Crippen LogP contribution in [0, 0.1) is 12.8 Å². The summed E-state index contributed by atoms with van der Waals surface area (Å²) in [6.07, 6.45) is 2.58. The van der Waals surface area contributed by atoms with Gasteiger partial charge in [0.25, 0.3) is 5.91 Å². The average Bonchev–Trinajstić information content (AvgIpc) is 3.01. The van der Waals surface area contributed by atoms with Crippen LogP contribution in [0.25, 0.3) is 0 Å². The number of thiophene rings is 2. The molecule has 3 heterocycles. The van der Waals surface area contributed by atoms with Crippen molar-refractivity contribution >= 4 is 40.2 Å². The molecule has 5 nitrogen and oxygen atoms in total. The van der Waals surface area contributed by atoms with Crippen molar-refractivity contribution in [3.05, 3.63) is 44.3 Å². The fraction of sp³-hybridized carbons (Fsp3) is 0.389. The minimum Gasteiger partial charge on any atom is -0.347 e. The summed E-state index contributed by atoms with van der Waals surface area (Å²) >= 11 is 3.29. The Morgan fingerprint density at radius 1 is 1.28 bits per heavy atom. The zero-order valence-electron chi connectivity index (χ0n) is 13.9. The van der Waals surface area contributed by atoms with Crippen LogP contribution in [0.3, 0.4) is 0 Å². The Bertz CT molecular complexity index is 821. The van der Waals surface area contributed by atoms with Crippen LogP contribution in [0.1, 0.15) is 40.6 Å². The first kappa shape index (κ1) is 16.5. The maximum Gasteiger partial charge on any atom is 0.262 e. The van der Waals surface area contributed by atoms with Gasteiger partial charge in [-0.05, 0) is 48.2 Å². The quantitative estimate of drug-likeness (QED) is 0.874. The van der Waals surface area contributed by atoms with Gasteiger partial charge >= 0.3 is 0 Å². The minimum atomic E-state index is -0.154. The van der Waals surface area contributed by atoms with Gasteiger partial charge in [-0.1, -0.05) is 6.07 Å². The Balaban J connectivity index is 1.54. The molecule has 1 fully saturated rings. The van der Waals surface area contributed by atoms with E-state index in [4.69, 9.17) is 0 Å². The lowest BCUT2D eigenvalue weighted by Crippen LogP contribution is -2.38. The summed E-state index contributed by atoms with van der Waals surface area (Å²) in [7, 11) is 0. The zero-order valence-corrected chi connectivity index (χ0v) is 15.5. The molecule has 2 amide bonds. The van der Waals surface area contributed by atoms with Crippen LogP contribution in [-0.2, 0) is 9.59 Å². The van der Waals surface area contributed by atoms with E-state index in [1.54, 1.807) is 27.7 Å². The molecule has 0 bridgehead atoms. The summed E-state index contributed by atoms with van der Waals surface area (Å²) in [5.41, 5.74) is 2.12. The van der Waals surface area contributed by atoms with Crippen LogP contribution in [0.5, 0.6) is 0 Å². The maximum absolute atomic E-state index is 12.7. The average molecular weight is 374 g/mol. The monoisotopic (exact) mass is 373 g/mol. The fourth-order valence-electron chi connectivity index (χ4n) is 3.00. The van der Waals surface area contributed by atoms with E-state index < -0.39 is 0 Å². The van der Waals surface area contributed by atoms with Crippen molar-refractivity contribution < 1.29 is 9.59 Å². The second kappa shape index (κ2) is 6.72. The van der Waals surface area contributed by atoms with E-state index in [2.05, 4.69) is 23.4 Å². The molecule has 0 saturated heterocycles. The molecule has 130 valence electrons. The minimum absolute atomic E-state index is 0.0114. The summed E-state index contributed by atoms with van der Waals surface area (Å²) in [5, 5.41) is 13.0. The molecule has 0 aromatic carbocycles. The van der Waals surface area contributed by atoms with Gasteiger partial charge in [0.15, 0.2) is 0 Å². The van der Waals surface area contributed by atoms with Crippen molar-refractivity contribution in [1.82, 2.24) is 10.3 Å². The molecule has 1 N–H and O–H groups in total. The van der Waals surface area contributed by atoms with Gasteiger partial charge in [0.1, 0.15) is 0 Å². The zero-order chi connectivity index (χ0) is 17.4. The third-order valence-corrected chi connectivity index (χ3v) is 6.58. The molecule has 2 aromatic heterocycles. The lowest BCUT2D eigenvalue weighted by atomic mass is 10.1. The van der Waals surface area contributed by atoms with Gasteiger partial charge in [0, 0.05) is 17.2 Å². The molecule has 25 heavy (non-hydrogen) atoms. The number of amides is 2. The molecule has 1 atom stereocenters. The highest BCUT2D eigenvalue weighted by atomic mass is 32.1. The van der Waals surface area contributed by atoms with Crippen LogP contribution in [0.4, 0.5) is 0 Å². The van der Waals surface area contributed by atoms with Crippen LogP contribution < -0.4 is 5.32 Å². The first-order chi connectivity index (χ1) is 12.1. The van der Waals surface area contributed by atoms with E-state index in [1.807, 2.05) is 22.9 Å². The molecule has 1 aliphatic heterocycles. The van der Waals surface area contributed by atoms with Crippen molar-refractivity contribution in [2.75, 3.05) is 6.54 Å². The van der Waals surface area contributed by atoms with E-state index in [-0.39, 0.29) is 30.3 Å². The molecule has 1 aliphatic carbocycles. The largest absolute Gasteiger partial charge is 0.347 e. The van der Waals surface area contributed by atoms with E-state index in [0.717, 1.165) is 28.3 Å². The molecular formula is C18H19N3O2S2. The topological polar surface area (TPSA) is 61.8 Å². The van der Waals surface area contributed by atoms with Crippen molar-refractivity contribution in [3.8, 4) is 0 Å². The van der Waals surface area contributed by atoms with Crippen molar-refractivity contribution in [3.63, 3.8) is 0 Å². The van der Waals surface area contributed by atoms with Gasteiger partial charge in [0.05, 0.1) is 23.2 Å². The number of hydrogen-bond acceptors (Lipinski definition) is 5. The summed E-state index contributed by atoms with van der Waals surface area (Å²) in [5.74, 6) is -0.0656. The summed E-state index contributed by atoms with van der Waals surface area (Å²) < 4.78 is 0. The van der Waals surface area contributed by atoms with E-state index >= 15 is 0 Å². The smallest absolute Gasteiger partial charge is 0.262 e. The SMILES string of the molecule is Cc1ccsc1C1CC(c2cccs2)=NN1C(=O)CNC(=O)C1CC1. The van der Waals surface area contributed by atoms with Crippen LogP contribution >= 0.6 is 22.7 Å². The Morgan fingerprint density at radius 2 is 2.12 bits per heavy atom. The Morgan fingerprint density at radius 3 is 2.76 bits per heavy atom. The van der Waals surface area contributed by atoms with Crippen LogP contribution in [0.2, 0.25) is 0 Å². The number of carbonyl (C=O) groups excluding carboxylic acids is 2. The first-order valence-electron chi connectivity index (χ1n) is 8.38. The predicted octanol–water partition coefficient (Wildman–Crippen LogP) is 3.32. The molecule has 4 rings (SSSR count). The first-order valence-corrected chi connectivity index (χ1v) is 10.1. The molecule has 2 aliphatic rings. The Labute approximate surface area is 154 Å².